The molecule has 1 fully saturated rings. The minimum Gasteiger partial charge on any atom is -0.384 e. The van der Waals surface area contributed by atoms with Crippen molar-refractivity contribution in [1.82, 2.24) is 39.3 Å². The van der Waals surface area contributed by atoms with Gasteiger partial charge in [-0.25, -0.2) is 9.07 Å². The Kier molecular flexibility index (Phi) is 5.80. The van der Waals surface area contributed by atoms with E-state index in [9.17, 15) is 5.11 Å². The molecule has 0 amide bonds. The summed E-state index contributed by atoms with van der Waals surface area (Å²) in [6, 6.07) is 4.64. The molecule has 0 spiro atoms. The van der Waals surface area contributed by atoms with Crippen molar-refractivity contribution in [2.45, 2.75) is 45.3 Å². The number of aryl methyl sites for hydroxylation is 3. The van der Waals surface area contributed by atoms with Crippen LogP contribution in [-0.4, -0.2) is 57.6 Å². The lowest BCUT2D eigenvalue weighted by Crippen LogP contribution is -2.29. The Morgan fingerprint density at radius 3 is 2.55 bits per heavy atom. The van der Waals surface area contributed by atoms with Crippen molar-refractivity contribution in [3.63, 3.8) is 0 Å². The Morgan fingerprint density at radius 1 is 1.13 bits per heavy atom. The number of halogens is 1. The lowest BCUT2D eigenvalue weighted by molar-refractivity contribution is 0.0538. The second-order valence-electron chi connectivity index (χ2n) is 10.6. The first-order valence-electron chi connectivity index (χ1n) is 12.8. The van der Waals surface area contributed by atoms with E-state index in [4.69, 9.17) is 14.8 Å². The number of aliphatic hydroxyl groups is 1. The lowest BCUT2D eigenvalue weighted by Gasteiger charge is -2.32. The Hall–Kier alpha value is -3.70. The summed E-state index contributed by atoms with van der Waals surface area (Å²) in [7, 11) is 3.69. The van der Waals surface area contributed by atoms with Crippen LogP contribution in [-0.2, 0) is 24.4 Å². The number of hydrogen-bond acceptors (Lipinski definition) is 7. The quantitative estimate of drug-likeness (QED) is 0.377. The summed E-state index contributed by atoms with van der Waals surface area (Å²) < 4.78 is 26.8. The van der Waals surface area contributed by atoms with Crippen LogP contribution in [0.1, 0.15) is 49.8 Å². The summed E-state index contributed by atoms with van der Waals surface area (Å²) in [6.07, 6.45) is 4.93. The average Bonchev–Trinajstić information content (AvgIpc) is 3.52. The van der Waals surface area contributed by atoms with E-state index in [0.29, 0.717) is 24.6 Å². The molecule has 0 aromatic carbocycles. The predicted octanol–water partition coefficient (Wildman–Crippen LogP) is 3.80. The van der Waals surface area contributed by atoms with Crippen molar-refractivity contribution < 1.29 is 14.2 Å². The molecule has 1 N–H and O–H groups in total. The van der Waals surface area contributed by atoms with Crippen LogP contribution in [0.3, 0.4) is 0 Å². The predicted molar refractivity (Wildman–Crippen MR) is 140 cm³/mol. The highest BCUT2D eigenvalue weighted by atomic mass is 19.1. The molecule has 5 aromatic heterocycles. The largest absolute Gasteiger partial charge is 0.384 e. The zero-order valence-electron chi connectivity index (χ0n) is 22.2. The third-order valence-electron chi connectivity index (χ3n) is 7.52. The minimum atomic E-state index is -1.25. The maximum atomic E-state index is 15.5. The van der Waals surface area contributed by atoms with Crippen molar-refractivity contribution in [1.29, 1.82) is 0 Å². The molecule has 1 atom stereocenters. The van der Waals surface area contributed by atoms with Gasteiger partial charge in [0.2, 0.25) is 0 Å². The van der Waals surface area contributed by atoms with Gasteiger partial charge in [-0.2, -0.15) is 5.10 Å². The summed E-state index contributed by atoms with van der Waals surface area (Å²) in [6.45, 7) is 6.52. The standard InChI is InChI=1S/C27H31FN8O2/c1-15-22(35(5)33-31-15)17-13-19-21(30-14-17)24-25(26(27(2,3)37)32-34(24)4)36(19)23(16-8-11-38-12-9-16)20-18(28)7-6-10-29-20/h6-7,10,13-14,16,23,37H,8-9,11-12H2,1-5H3. The number of pyridine rings is 2. The number of ether oxygens (including phenoxy) is 1. The molecular formula is C27H31FN8O2. The number of nitrogens with zero attached hydrogens (tertiary/aromatic N) is 8. The van der Waals surface area contributed by atoms with Crippen LogP contribution >= 0.6 is 0 Å². The van der Waals surface area contributed by atoms with Crippen LogP contribution in [0.4, 0.5) is 4.39 Å². The molecule has 11 heteroatoms. The number of fused-ring (bicyclic) bond motifs is 3. The van der Waals surface area contributed by atoms with Crippen LogP contribution in [0, 0.1) is 18.7 Å². The molecule has 1 aliphatic rings. The second kappa shape index (κ2) is 8.95. The van der Waals surface area contributed by atoms with E-state index in [1.54, 1.807) is 41.7 Å². The minimum absolute atomic E-state index is 0.0468. The Balaban J connectivity index is 1.75. The molecule has 1 saturated heterocycles. The van der Waals surface area contributed by atoms with E-state index in [0.717, 1.165) is 51.9 Å². The molecular weight excluding hydrogens is 487 g/mol. The van der Waals surface area contributed by atoms with Gasteiger partial charge in [0.15, 0.2) is 0 Å². The molecule has 6 heterocycles. The SMILES string of the molecule is Cc1nnn(C)c1-c1cnc2c3c(c(C(C)(C)O)nn3C)n(C(c3ncccc3F)C3CCOCC3)c2c1. The molecule has 10 nitrogen and oxygen atoms in total. The second-order valence-corrected chi connectivity index (χ2v) is 10.6. The van der Waals surface area contributed by atoms with Gasteiger partial charge >= 0.3 is 0 Å². The summed E-state index contributed by atoms with van der Waals surface area (Å²) >= 11 is 0. The molecule has 0 bridgehead atoms. The van der Waals surface area contributed by atoms with Gasteiger partial charge in [0, 0.05) is 45.3 Å². The van der Waals surface area contributed by atoms with E-state index >= 15 is 4.39 Å². The first-order valence-corrected chi connectivity index (χ1v) is 12.8. The van der Waals surface area contributed by atoms with Gasteiger partial charge in [-0.3, -0.25) is 14.6 Å². The third-order valence-corrected chi connectivity index (χ3v) is 7.52. The molecule has 0 radical (unpaired) electrons. The van der Waals surface area contributed by atoms with Gasteiger partial charge in [-0.05, 0) is 57.7 Å². The molecule has 6 rings (SSSR count). The van der Waals surface area contributed by atoms with Gasteiger partial charge < -0.3 is 14.4 Å². The zero-order chi connectivity index (χ0) is 26.8. The summed E-state index contributed by atoms with van der Waals surface area (Å²) in [5.41, 5.74) is 5.10. The van der Waals surface area contributed by atoms with Crippen molar-refractivity contribution in [2.75, 3.05) is 13.2 Å². The molecule has 0 aliphatic carbocycles. The molecule has 198 valence electrons. The average molecular weight is 519 g/mol. The summed E-state index contributed by atoms with van der Waals surface area (Å²) in [4.78, 5) is 9.45. The Labute approximate surface area is 219 Å². The third kappa shape index (κ3) is 3.80. The van der Waals surface area contributed by atoms with E-state index in [-0.39, 0.29) is 11.7 Å². The molecule has 1 aliphatic heterocycles. The Bertz CT molecular complexity index is 1640. The number of aromatic nitrogens is 8. The van der Waals surface area contributed by atoms with E-state index in [1.165, 1.54) is 6.07 Å². The molecule has 0 saturated carbocycles. The highest BCUT2D eigenvalue weighted by Crippen LogP contribution is 2.43. The van der Waals surface area contributed by atoms with Crippen molar-refractivity contribution in [2.24, 2.45) is 20.0 Å². The van der Waals surface area contributed by atoms with Gasteiger partial charge in [0.1, 0.15) is 28.1 Å². The van der Waals surface area contributed by atoms with Crippen molar-refractivity contribution in [3.05, 3.63) is 53.5 Å². The van der Waals surface area contributed by atoms with E-state index < -0.39 is 11.6 Å². The van der Waals surface area contributed by atoms with Crippen LogP contribution in [0.15, 0.2) is 30.6 Å². The lowest BCUT2D eigenvalue weighted by atomic mass is 9.88. The number of hydrogen-bond donors (Lipinski definition) is 1. The highest BCUT2D eigenvalue weighted by Gasteiger charge is 2.37. The maximum Gasteiger partial charge on any atom is 0.146 e. The van der Waals surface area contributed by atoms with Crippen LogP contribution < -0.4 is 0 Å². The fourth-order valence-corrected chi connectivity index (χ4v) is 5.84. The highest BCUT2D eigenvalue weighted by molar-refractivity contribution is 6.06. The topological polar surface area (TPSA) is 109 Å². The first kappa shape index (κ1) is 24.6. The van der Waals surface area contributed by atoms with Gasteiger partial charge in [0.25, 0.3) is 0 Å². The summed E-state index contributed by atoms with van der Waals surface area (Å²) in [5.74, 6) is -0.325. The molecule has 38 heavy (non-hydrogen) atoms. The zero-order valence-corrected chi connectivity index (χ0v) is 22.2. The van der Waals surface area contributed by atoms with Crippen molar-refractivity contribution >= 4 is 22.1 Å². The van der Waals surface area contributed by atoms with Crippen LogP contribution in [0.25, 0.3) is 33.3 Å². The first-order chi connectivity index (χ1) is 18.2. The van der Waals surface area contributed by atoms with E-state index in [2.05, 4.69) is 25.9 Å². The van der Waals surface area contributed by atoms with Crippen molar-refractivity contribution in [3.8, 4) is 11.3 Å². The monoisotopic (exact) mass is 518 g/mol. The molecule has 5 aromatic rings. The maximum absolute atomic E-state index is 15.5. The number of rotatable bonds is 5. The smallest absolute Gasteiger partial charge is 0.146 e. The summed E-state index contributed by atoms with van der Waals surface area (Å²) in [5, 5.41) is 24.3. The fourth-order valence-electron chi connectivity index (χ4n) is 5.84. The van der Waals surface area contributed by atoms with Gasteiger partial charge in [0.05, 0.1) is 34.2 Å². The van der Waals surface area contributed by atoms with Crippen LogP contribution in [0.5, 0.6) is 0 Å². The van der Waals surface area contributed by atoms with Gasteiger partial charge in [-0.1, -0.05) is 5.21 Å². The van der Waals surface area contributed by atoms with Gasteiger partial charge in [-0.15, -0.1) is 5.10 Å². The molecule has 1 unspecified atom stereocenters. The van der Waals surface area contributed by atoms with Crippen LogP contribution in [0.2, 0.25) is 0 Å². The fraction of sp³-hybridized carbons (Fsp3) is 0.444. The normalized spacial score (nSPS) is 16.1. The van der Waals surface area contributed by atoms with E-state index in [1.807, 2.05) is 21.0 Å². The Morgan fingerprint density at radius 2 is 1.89 bits per heavy atom.